The van der Waals surface area contributed by atoms with Crippen LogP contribution in [0.4, 0.5) is 0 Å². The zero-order chi connectivity index (χ0) is 23.2. The van der Waals surface area contributed by atoms with Crippen LogP contribution in [0.25, 0.3) is 0 Å². The Labute approximate surface area is 198 Å². The number of aliphatic hydroxyl groups is 1. The minimum Gasteiger partial charge on any atom is -0.457 e. The second-order valence-electron chi connectivity index (χ2n) is 10.2. The lowest BCUT2D eigenvalue weighted by Crippen LogP contribution is -2.52. The first kappa shape index (κ1) is 23.9. The third-order valence-corrected chi connectivity index (χ3v) is 8.04. The van der Waals surface area contributed by atoms with Crippen molar-refractivity contribution in [2.75, 3.05) is 26.7 Å². The van der Waals surface area contributed by atoms with Gasteiger partial charge >= 0.3 is 5.97 Å². The van der Waals surface area contributed by atoms with Crippen LogP contribution in [0.15, 0.2) is 54.7 Å². The van der Waals surface area contributed by atoms with Crippen LogP contribution in [-0.4, -0.2) is 53.3 Å². The van der Waals surface area contributed by atoms with Crippen LogP contribution in [0, 0.1) is 5.92 Å². The fourth-order valence-corrected chi connectivity index (χ4v) is 5.92. The summed E-state index contributed by atoms with van der Waals surface area (Å²) < 4.78 is 6.87. The Bertz CT molecular complexity index is 885. The molecule has 3 atom stereocenters. The van der Waals surface area contributed by atoms with Gasteiger partial charge in [0.05, 0.1) is 20.1 Å². The van der Waals surface area contributed by atoms with Gasteiger partial charge in [-0.3, -0.25) is 4.98 Å². The van der Waals surface area contributed by atoms with Gasteiger partial charge in [-0.25, -0.2) is 4.79 Å². The van der Waals surface area contributed by atoms with E-state index in [4.69, 9.17) is 4.74 Å². The summed E-state index contributed by atoms with van der Waals surface area (Å²) in [5.74, 6) is -0.545. The Balaban J connectivity index is 1.39. The normalized spacial score (nSPS) is 25.5. The summed E-state index contributed by atoms with van der Waals surface area (Å²) in [6.45, 7) is 2.53. The highest BCUT2D eigenvalue weighted by Crippen LogP contribution is 2.40. The summed E-state index contributed by atoms with van der Waals surface area (Å²) in [4.78, 5) is 17.9. The topological polar surface area (TPSA) is 59.4 Å². The van der Waals surface area contributed by atoms with Gasteiger partial charge in [0.2, 0.25) is 0 Å². The molecule has 2 heterocycles. The van der Waals surface area contributed by atoms with Crippen molar-refractivity contribution in [2.24, 2.45) is 5.92 Å². The number of nitrogens with zero attached hydrogens (tertiary/aromatic N) is 2. The molecule has 4 rings (SSSR count). The summed E-state index contributed by atoms with van der Waals surface area (Å²) in [6, 6.07) is 15.8. The predicted molar refractivity (Wildman–Crippen MR) is 129 cm³/mol. The Morgan fingerprint density at radius 2 is 1.82 bits per heavy atom. The number of benzene rings is 1. The maximum absolute atomic E-state index is 13.4. The summed E-state index contributed by atoms with van der Waals surface area (Å²) in [6.07, 6.45) is 11.1. The molecular weight excluding hydrogens is 412 g/mol. The van der Waals surface area contributed by atoms with E-state index in [1.165, 1.54) is 6.42 Å². The summed E-state index contributed by atoms with van der Waals surface area (Å²) in [5, 5.41) is 11.8. The van der Waals surface area contributed by atoms with E-state index in [1.54, 1.807) is 0 Å². The summed E-state index contributed by atoms with van der Waals surface area (Å²) in [7, 11) is 2.29. The Kier molecular flexibility index (Phi) is 7.82. The molecular formula is C28H39N2O3+. The lowest BCUT2D eigenvalue weighted by Gasteiger charge is -2.39. The van der Waals surface area contributed by atoms with E-state index in [0.717, 1.165) is 74.6 Å². The minimum absolute atomic E-state index is 0.0797. The lowest BCUT2D eigenvalue weighted by molar-refractivity contribution is -0.921. The molecule has 1 aliphatic heterocycles. The molecule has 1 saturated heterocycles. The maximum Gasteiger partial charge on any atom is 0.343 e. The van der Waals surface area contributed by atoms with Crippen molar-refractivity contribution >= 4 is 5.97 Å². The first-order chi connectivity index (χ1) is 16.0. The predicted octanol–water partition coefficient (Wildman–Crippen LogP) is 4.63. The number of likely N-dealkylation sites (tertiary alicyclic amines) is 1. The van der Waals surface area contributed by atoms with E-state index >= 15 is 0 Å². The highest BCUT2D eigenvalue weighted by molar-refractivity contribution is 5.81. The van der Waals surface area contributed by atoms with E-state index in [9.17, 15) is 9.90 Å². The first-order valence-corrected chi connectivity index (χ1v) is 12.7. The van der Waals surface area contributed by atoms with Crippen LogP contribution in [0.2, 0.25) is 0 Å². The number of likely N-dealkylation sites (N-methyl/N-ethyl adjacent to an activating group) is 1. The molecule has 5 heteroatoms. The Morgan fingerprint density at radius 1 is 1.06 bits per heavy atom. The zero-order valence-electron chi connectivity index (χ0n) is 20.0. The van der Waals surface area contributed by atoms with E-state index in [2.05, 4.69) is 18.1 Å². The number of carbonyl (C=O) groups excluding carboxylic acids is 1. The molecule has 1 aromatic heterocycles. The zero-order valence-corrected chi connectivity index (χ0v) is 20.0. The Hall–Kier alpha value is -2.24. The third kappa shape index (κ3) is 5.47. The molecule has 1 aliphatic carbocycles. The number of aromatic nitrogens is 1. The van der Waals surface area contributed by atoms with E-state index in [1.807, 2.05) is 48.7 Å². The number of hydrogen-bond acceptors (Lipinski definition) is 4. The molecule has 0 radical (unpaired) electrons. The number of esters is 1. The van der Waals surface area contributed by atoms with Gasteiger partial charge in [-0.15, -0.1) is 0 Å². The van der Waals surface area contributed by atoms with Gasteiger partial charge in [-0.05, 0) is 37.0 Å². The SMILES string of the molecule is C[N+]1(CCCc2ccccn2)CCCC1COC(=O)[C@](O)(c1ccccc1)C1CCCCC1. The van der Waals surface area contributed by atoms with Crippen molar-refractivity contribution < 1.29 is 19.1 Å². The quantitative estimate of drug-likeness (QED) is 0.446. The molecule has 33 heavy (non-hydrogen) atoms. The van der Waals surface area contributed by atoms with Crippen molar-refractivity contribution in [2.45, 2.75) is 69.4 Å². The van der Waals surface area contributed by atoms with E-state index in [-0.39, 0.29) is 12.0 Å². The molecule has 2 fully saturated rings. The molecule has 0 bridgehead atoms. The molecule has 1 N–H and O–H groups in total. The van der Waals surface area contributed by atoms with Gasteiger partial charge in [0.25, 0.3) is 0 Å². The van der Waals surface area contributed by atoms with Gasteiger partial charge < -0.3 is 14.3 Å². The standard InChI is InChI=1S/C28H39N2O3/c1-30(20-10-17-25-16-8-9-19-29-25)21-11-18-26(30)22-33-27(31)28(32,23-12-4-2-5-13-23)24-14-6-3-7-15-24/h2,4-5,8-9,12-13,16,19,24,26,32H,3,6-7,10-11,14-15,17-18,20-22H2,1H3/q+1/t26?,28-,30?/m0/s1. The van der Waals surface area contributed by atoms with Crippen molar-refractivity contribution in [1.29, 1.82) is 0 Å². The number of aryl methyl sites for hydroxylation is 1. The fraction of sp³-hybridized carbons (Fsp3) is 0.571. The van der Waals surface area contributed by atoms with Crippen molar-refractivity contribution in [3.05, 3.63) is 66.0 Å². The second-order valence-corrected chi connectivity index (χ2v) is 10.2. The van der Waals surface area contributed by atoms with E-state index < -0.39 is 11.6 Å². The van der Waals surface area contributed by atoms with Gasteiger partial charge in [-0.1, -0.05) is 55.7 Å². The van der Waals surface area contributed by atoms with E-state index in [0.29, 0.717) is 12.2 Å². The fourth-order valence-electron chi connectivity index (χ4n) is 5.92. The van der Waals surface area contributed by atoms with Crippen molar-refractivity contribution in [3.63, 3.8) is 0 Å². The first-order valence-electron chi connectivity index (χ1n) is 12.7. The molecule has 0 spiro atoms. The number of rotatable bonds is 9. The molecule has 2 aromatic rings. The van der Waals surface area contributed by atoms with Gasteiger partial charge in [0.1, 0.15) is 12.6 Å². The van der Waals surface area contributed by atoms with Crippen molar-refractivity contribution in [3.8, 4) is 0 Å². The van der Waals surface area contributed by atoms with Crippen LogP contribution < -0.4 is 0 Å². The second kappa shape index (κ2) is 10.8. The minimum atomic E-state index is -1.55. The van der Waals surface area contributed by atoms with Crippen LogP contribution in [0.5, 0.6) is 0 Å². The van der Waals surface area contributed by atoms with Crippen LogP contribution >= 0.6 is 0 Å². The number of pyridine rings is 1. The number of carbonyl (C=O) groups is 1. The van der Waals surface area contributed by atoms with Crippen LogP contribution in [0.3, 0.4) is 0 Å². The smallest absolute Gasteiger partial charge is 0.343 e. The largest absolute Gasteiger partial charge is 0.457 e. The van der Waals surface area contributed by atoms with Gasteiger partial charge in [0.15, 0.2) is 5.60 Å². The number of quaternary nitrogens is 1. The number of hydrogen-bond donors (Lipinski definition) is 1. The Morgan fingerprint density at radius 3 is 2.55 bits per heavy atom. The highest BCUT2D eigenvalue weighted by Gasteiger charge is 2.48. The highest BCUT2D eigenvalue weighted by atomic mass is 16.6. The molecule has 1 aromatic carbocycles. The monoisotopic (exact) mass is 451 g/mol. The summed E-state index contributed by atoms with van der Waals surface area (Å²) in [5.41, 5.74) is 0.246. The molecule has 5 nitrogen and oxygen atoms in total. The molecule has 0 amide bonds. The van der Waals surface area contributed by atoms with Crippen LogP contribution in [0.1, 0.15) is 62.6 Å². The molecule has 2 aliphatic rings. The molecule has 178 valence electrons. The summed E-state index contributed by atoms with van der Waals surface area (Å²) >= 11 is 0. The maximum atomic E-state index is 13.4. The average molecular weight is 452 g/mol. The average Bonchev–Trinajstić information content (AvgIpc) is 3.23. The molecule has 2 unspecified atom stereocenters. The third-order valence-electron chi connectivity index (χ3n) is 8.04. The van der Waals surface area contributed by atoms with Gasteiger partial charge in [-0.2, -0.15) is 0 Å². The van der Waals surface area contributed by atoms with Crippen molar-refractivity contribution in [1.82, 2.24) is 4.98 Å². The van der Waals surface area contributed by atoms with Gasteiger partial charge in [0, 0.05) is 37.1 Å². The van der Waals surface area contributed by atoms with Crippen LogP contribution in [-0.2, 0) is 21.6 Å². The molecule has 1 saturated carbocycles. The lowest BCUT2D eigenvalue weighted by atomic mass is 9.73. The number of ether oxygens (including phenoxy) is 1.